The molecule has 146 valence electrons. The Labute approximate surface area is 168 Å². The first-order valence-corrected chi connectivity index (χ1v) is 10.0. The third kappa shape index (κ3) is 4.67. The third-order valence-corrected chi connectivity index (χ3v) is 5.49. The first-order valence-electron chi connectivity index (χ1n) is 9.15. The summed E-state index contributed by atoms with van der Waals surface area (Å²) in [7, 11) is 0. The van der Waals surface area contributed by atoms with Gasteiger partial charge in [0.05, 0.1) is 11.7 Å². The van der Waals surface area contributed by atoms with Crippen molar-refractivity contribution in [3.05, 3.63) is 75.7 Å². The Balaban J connectivity index is 1.65. The van der Waals surface area contributed by atoms with Crippen LogP contribution < -0.4 is 10.6 Å². The predicted octanol–water partition coefficient (Wildman–Crippen LogP) is 3.14. The molecule has 2 atom stereocenters. The Bertz CT molecular complexity index is 935. The molecule has 0 aliphatic carbocycles. The van der Waals surface area contributed by atoms with E-state index in [-0.39, 0.29) is 18.6 Å². The number of benzene rings is 1. The molecule has 2 heterocycles. The smallest absolute Gasteiger partial charge is 0.309 e. The molecule has 0 radical (unpaired) electrons. The number of rotatable bonds is 6. The summed E-state index contributed by atoms with van der Waals surface area (Å²) in [6.07, 6.45) is 0. The van der Waals surface area contributed by atoms with E-state index in [4.69, 9.17) is 0 Å². The molecule has 0 fully saturated rings. The van der Waals surface area contributed by atoms with Gasteiger partial charge in [-0.25, -0.2) is 0 Å². The molecule has 0 saturated heterocycles. The summed E-state index contributed by atoms with van der Waals surface area (Å²) in [5.41, 5.74) is 2.87. The molecule has 0 spiro atoms. The largest absolute Gasteiger partial charge is 0.345 e. The Hall–Kier alpha value is -2.93. The number of nitrogens with one attached hydrogen (secondary N) is 2. The van der Waals surface area contributed by atoms with Gasteiger partial charge in [0.1, 0.15) is 6.04 Å². The lowest BCUT2D eigenvalue weighted by Gasteiger charge is -2.19. The molecule has 7 heteroatoms. The van der Waals surface area contributed by atoms with Gasteiger partial charge in [0.2, 0.25) is 0 Å². The number of thiophene rings is 1. The van der Waals surface area contributed by atoms with Crippen molar-refractivity contribution in [2.75, 3.05) is 6.54 Å². The van der Waals surface area contributed by atoms with Crippen molar-refractivity contribution in [2.24, 2.45) is 0 Å². The van der Waals surface area contributed by atoms with Crippen molar-refractivity contribution in [1.82, 2.24) is 20.4 Å². The molecule has 6 nitrogen and oxygen atoms in total. The normalized spacial score (nSPS) is 13.0. The van der Waals surface area contributed by atoms with E-state index in [1.807, 2.05) is 79.4 Å². The lowest BCUT2D eigenvalue weighted by molar-refractivity contribution is -0.139. The van der Waals surface area contributed by atoms with Gasteiger partial charge in [-0.3, -0.25) is 14.3 Å². The second-order valence-corrected chi connectivity index (χ2v) is 7.70. The lowest BCUT2D eigenvalue weighted by atomic mass is 10.1. The second kappa shape index (κ2) is 8.84. The standard InChI is InChI=1S/C21H24N4O2S/c1-14-12-15(2)25(24-14)18(19-10-7-11-28-19)13-22-20(26)21(27)23-16(3)17-8-5-4-6-9-17/h4-12,16,18H,13H2,1-3H3,(H,22,26)(H,23,27). The first kappa shape index (κ1) is 19.8. The molecule has 28 heavy (non-hydrogen) atoms. The average molecular weight is 397 g/mol. The molecular weight excluding hydrogens is 372 g/mol. The quantitative estimate of drug-likeness (QED) is 0.629. The Morgan fingerprint density at radius 2 is 1.86 bits per heavy atom. The number of amides is 2. The van der Waals surface area contributed by atoms with Crippen LogP contribution in [0.1, 0.15) is 40.8 Å². The maximum atomic E-state index is 12.4. The number of carbonyl (C=O) groups excluding carboxylic acids is 2. The summed E-state index contributed by atoms with van der Waals surface area (Å²) in [5, 5.41) is 12.0. The zero-order valence-corrected chi connectivity index (χ0v) is 17.0. The van der Waals surface area contributed by atoms with Gasteiger partial charge in [0.15, 0.2) is 0 Å². The highest BCUT2D eigenvalue weighted by Gasteiger charge is 2.22. The molecule has 1 aromatic carbocycles. The lowest BCUT2D eigenvalue weighted by Crippen LogP contribution is -2.43. The molecule has 2 N–H and O–H groups in total. The molecule has 2 amide bonds. The molecule has 3 aromatic rings. The minimum absolute atomic E-state index is 0.156. The van der Waals surface area contributed by atoms with Crippen LogP contribution >= 0.6 is 11.3 Å². The highest BCUT2D eigenvalue weighted by molar-refractivity contribution is 7.10. The van der Waals surface area contributed by atoms with E-state index in [0.29, 0.717) is 0 Å². The fourth-order valence-corrected chi connectivity index (χ4v) is 3.92. The molecule has 0 aliphatic rings. The molecule has 2 unspecified atom stereocenters. The molecule has 0 aliphatic heterocycles. The van der Waals surface area contributed by atoms with Crippen molar-refractivity contribution >= 4 is 23.2 Å². The molecule has 0 saturated carbocycles. The van der Waals surface area contributed by atoms with E-state index in [2.05, 4.69) is 15.7 Å². The van der Waals surface area contributed by atoms with Gasteiger partial charge in [-0.15, -0.1) is 11.3 Å². The van der Waals surface area contributed by atoms with Gasteiger partial charge < -0.3 is 10.6 Å². The van der Waals surface area contributed by atoms with Gasteiger partial charge in [-0.2, -0.15) is 5.10 Å². The minimum Gasteiger partial charge on any atom is -0.345 e. The van der Waals surface area contributed by atoms with Crippen LogP contribution in [0.25, 0.3) is 0 Å². The van der Waals surface area contributed by atoms with Crippen molar-refractivity contribution in [3.8, 4) is 0 Å². The monoisotopic (exact) mass is 396 g/mol. The van der Waals surface area contributed by atoms with E-state index in [1.165, 1.54) is 0 Å². The van der Waals surface area contributed by atoms with E-state index in [1.54, 1.807) is 11.3 Å². The van der Waals surface area contributed by atoms with Crippen molar-refractivity contribution < 1.29 is 9.59 Å². The summed E-state index contributed by atoms with van der Waals surface area (Å²) < 4.78 is 1.89. The van der Waals surface area contributed by atoms with E-state index >= 15 is 0 Å². The average Bonchev–Trinajstić information content (AvgIpc) is 3.32. The molecular formula is C21H24N4O2S. The summed E-state index contributed by atoms with van der Waals surface area (Å²) in [6, 6.07) is 15.1. The van der Waals surface area contributed by atoms with Crippen LogP contribution in [0.15, 0.2) is 53.9 Å². The topological polar surface area (TPSA) is 76.0 Å². The fourth-order valence-electron chi connectivity index (χ4n) is 3.11. The molecule has 0 bridgehead atoms. The Kier molecular flexibility index (Phi) is 6.26. The van der Waals surface area contributed by atoms with Crippen molar-refractivity contribution in [3.63, 3.8) is 0 Å². The highest BCUT2D eigenvalue weighted by atomic mass is 32.1. The SMILES string of the molecule is Cc1cc(C)n(C(CNC(=O)C(=O)NC(C)c2ccccc2)c2cccs2)n1. The molecule has 2 aromatic heterocycles. The maximum absolute atomic E-state index is 12.4. The van der Waals surface area contributed by atoms with Crippen LogP contribution in [-0.2, 0) is 9.59 Å². The van der Waals surface area contributed by atoms with Gasteiger partial charge in [0, 0.05) is 17.1 Å². The third-order valence-electron chi connectivity index (χ3n) is 4.52. The van der Waals surface area contributed by atoms with Crippen molar-refractivity contribution in [1.29, 1.82) is 0 Å². The van der Waals surface area contributed by atoms with Crippen molar-refractivity contribution in [2.45, 2.75) is 32.9 Å². The zero-order valence-electron chi connectivity index (χ0n) is 16.2. The van der Waals surface area contributed by atoms with Crippen LogP contribution in [0.4, 0.5) is 0 Å². The number of carbonyl (C=O) groups is 2. The van der Waals surface area contributed by atoms with Crippen LogP contribution in [0.2, 0.25) is 0 Å². The first-order chi connectivity index (χ1) is 13.5. The van der Waals surface area contributed by atoms with Gasteiger partial charge >= 0.3 is 11.8 Å². The van der Waals surface area contributed by atoms with Crippen LogP contribution in [-0.4, -0.2) is 28.1 Å². The fraction of sp³-hybridized carbons (Fsp3) is 0.286. The van der Waals surface area contributed by atoms with Crippen LogP contribution in [0.5, 0.6) is 0 Å². The highest BCUT2D eigenvalue weighted by Crippen LogP contribution is 2.24. The van der Waals surface area contributed by atoms with E-state index in [9.17, 15) is 9.59 Å². The zero-order chi connectivity index (χ0) is 20.1. The summed E-state index contributed by atoms with van der Waals surface area (Å²) >= 11 is 1.60. The summed E-state index contributed by atoms with van der Waals surface area (Å²) in [4.78, 5) is 25.7. The molecule has 3 rings (SSSR count). The Morgan fingerprint density at radius 3 is 2.46 bits per heavy atom. The minimum atomic E-state index is -0.647. The number of nitrogens with zero attached hydrogens (tertiary/aromatic N) is 2. The van der Waals surface area contributed by atoms with E-state index < -0.39 is 11.8 Å². The Morgan fingerprint density at radius 1 is 1.11 bits per heavy atom. The van der Waals surface area contributed by atoms with Crippen LogP contribution in [0, 0.1) is 13.8 Å². The summed E-state index contributed by atoms with van der Waals surface area (Å²) in [5.74, 6) is -1.29. The number of hydrogen-bond acceptors (Lipinski definition) is 4. The van der Waals surface area contributed by atoms with Crippen LogP contribution in [0.3, 0.4) is 0 Å². The second-order valence-electron chi connectivity index (χ2n) is 6.72. The number of aromatic nitrogens is 2. The number of aryl methyl sites for hydroxylation is 2. The van der Waals surface area contributed by atoms with Gasteiger partial charge in [-0.1, -0.05) is 36.4 Å². The number of hydrogen-bond donors (Lipinski definition) is 2. The van der Waals surface area contributed by atoms with Gasteiger partial charge in [0.25, 0.3) is 0 Å². The predicted molar refractivity (Wildman–Crippen MR) is 110 cm³/mol. The summed E-state index contributed by atoms with van der Waals surface area (Å²) in [6.45, 7) is 6.06. The van der Waals surface area contributed by atoms with Gasteiger partial charge in [-0.05, 0) is 43.8 Å². The van der Waals surface area contributed by atoms with E-state index in [0.717, 1.165) is 21.8 Å². The maximum Gasteiger partial charge on any atom is 0.309 e.